The van der Waals surface area contributed by atoms with Crippen molar-refractivity contribution in [1.82, 2.24) is 14.4 Å². The van der Waals surface area contributed by atoms with Crippen LogP contribution in [0, 0.1) is 18.8 Å². The molecular formula is C39H58ClN3O5S. The number of benzene rings is 2. The maximum absolute atomic E-state index is 13.4. The molecule has 0 atom stereocenters. The van der Waals surface area contributed by atoms with Crippen molar-refractivity contribution in [3.8, 4) is 5.75 Å². The van der Waals surface area contributed by atoms with Crippen LogP contribution in [0.5, 0.6) is 5.75 Å². The molecule has 3 fully saturated rings. The lowest BCUT2D eigenvalue weighted by Crippen LogP contribution is -2.48. The molecule has 1 saturated heterocycles. The highest BCUT2D eigenvalue weighted by Crippen LogP contribution is 2.33. The van der Waals surface area contributed by atoms with Crippen molar-refractivity contribution in [2.24, 2.45) is 11.8 Å². The van der Waals surface area contributed by atoms with E-state index in [0.717, 1.165) is 79.9 Å². The molecule has 3 aliphatic rings. The normalized spacial score (nSPS) is 18.6. The molecule has 272 valence electrons. The van der Waals surface area contributed by atoms with Gasteiger partial charge in [-0.1, -0.05) is 88.1 Å². The van der Waals surface area contributed by atoms with Gasteiger partial charge in [-0.15, -0.1) is 12.4 Å². The second-order valence-electron chi connectivity index (χ2n) is 14.0. The summed E-state index contributed by atoms with van der Waals surface area (Å²) in [7, 11) is -1.86. The van der Waals surface area contributed by atoms with E-state index in [1.54, 1.807) is 31.4 Å². The average Bonchev–Trinajstić information content (AvgIpc) is 3.30. The molecule has 49 heavy (non-hydrogen) atoms. The van der Waals surface area contributed by atoms with E-state index in [9.17, 15) is 13.2 Å². The molecule has 0 N–H and O–H groups in total. The number of carbonyl (C=O) groups excluding carboxylic acids is 1. The third kappa shape index (κ3) is 10.7. The maximum atomic E-state index is 13.4. The van der Waals surface area contributed by atoms with Crippen molar-refractivity contribution < 1.29 is 22.1 Å². The number of aryl methyl sites for hydroxylation is 1. The predicted octanol–water partition coefficient (Wildman–Crippen LogP) is 8.49. The van der Waals surface area contributed by atoms with E-state index >= 15 is 0 Å². The number of hydrogen-bond acceptors (Lipinski definition) is 6. The minimum atomic E-state index is -3.59. The van der Waals surface area contributed by atoms with Crippen LogP contribution in [-0.2, 0) is 20.8 Å². The molecule has 1 amide bonds. The van der Waals surface area contributed by atoms with Gasteiger partial charge >= 0.3 is 0 Å². The fourth-order valence-corrected chi connectivity index (χ4v) is 8.53. The molecule has 0 spiro atoms. The second-order valence-corrected chi connectivity index (χ2v) is 15.7. The van der Waals surface area contributed by atoms with Gasteiger partial charge in [0.05, 0.1) is 29.7 Å². The summed E-state index contributed by atoms with van der Waals surface area (Å²) in [4.78, 5) is 18.1. The fraction of sp³-hybridized carbons (Fsp3) is 0.615. The highest BCUT2D eigenvalue weighted by molar-refractivity contribution is 7.86. The molecule has 2 aliphatic carbocycles. The molecule has 10 heteroatoms. The smallest absolute Gasteiger partial charge is 0.296 e. The SMILES string of the molecule is CCN1CCN(C(=O)c2cn(CC3CCCCCC3)c3c(OC)cccc23)CC1.Cc1ccc(S(=O)(=O)OCC2CCCCCC2)cc1.Cl. The fourth-order valence-electron chi connectivity index (χ4n) is 7.56. The van der Waals surface area contributed by atoms with E-state index in [-0.39, 0.29) is 23.2 Å². The van der Waals surface area contributed by atoms with Gasteiger partial charge in [0.2, 0.25) is 0 Å². The average molecular weight is 716 g/mol. The Morgan fingerprint density at radius 1 is 0.816 bits per heavy atom. The van der Waals surface area contributed by atoms with Gasteiger partial charge in [-0.2, -0.15) is 8.42 Å². The van der Waals surface area contributed by atoms with Crippen molar-refractivity contribution in [2.75, 3.05) is 46.4 Å². The number of para-hydroxylation sites is 1. The summed E-state index contributed by atoms with van der Waals surface area (Å²) in [6.07, 6.45) is 17.1. The molecule has 0 unspecified atom stereocenters. The quantitative estimate of drug-likeness (QED) is 0.163. The molecule has 2 heterocycles. The number of fused-ring (bicyclic) bond motifs is 1. The van der Waals surface area contributed by atoms with E-state index in [4.69, 9.17) is 8.92 Å². The van der Waals surface area contributed by atoms with Gasteiger partial charge in [0.25, 0.3) is 16.0 Å². The van der Waals surface area contributed by atoms with Crippen LogP contribution >= 0.6 is 12.4 Å². The third-order valence-corrected chi connectivity index (χ3v) is 11.9. The number of methoxy groups -OCH3 is 1. The molecule has 2 saturated carbocycles. The van der Waals surface area contributed by atoms with Gasteiger partial charge in [0.1, 0.15) is 5.75 Å². The monoisotopic (exact) mass is 715 g/mol. The Hall–Kier alpha value is -2.59. The largest absolute Gasteiger partial charge is 0.495 e. The molecule has 3 aromatic rings. The number of aromatic nitrogens is 1. The van der Waals surface area contributed by atoms with Gasteiger partial charge < -0.3 is 19.1 Å². The van der Waals surface area contributed by atoms with Crippen LogP contribution in [0.3, 0.4) is 0 Å². The Morgan fingerprint density at radius 3 is 1.98 bits per heavy atom. The van der Waals surface area contributed by atoms with Crippen LogP contribution in [-0.4, -0.2) is 75.1 Å². The van der Waals surface area contributed by atoms with Gasteiger partial charge in [-0.25, -0.2) is 0 Å². The third-order valence-electron chi connectivity index (χ3n) is 10.6. The van der Waals surface area contributed by atoms with E-state index in [0.29, 0.717) is 18.4 Å². The topological polar surface area (TPSA) is 81.1 Å². The van der Waals surface area contributed by atoms with Crippen molar-refractivity contribution in [2.45, 2.75) is 102 Å². The number of hydrogen-bond donors (Lipinski definition) is 0. The molecule has 6 rings (SSSR count). The zero-order valence-electron chi connectivity index (χ0n) is 29.9. The molecule has 0 bridgehead atoms. The minimum Gasteiger partial charge on any atom is -0.495 e. The first kappa shape index (κ1) is 39.2. The van der Waals surface area contributed by atoms with Crippen molar-refractivity contribution >= 4 is 39.3 Å². The number of amides is 1. The predicted molar refractivity (Wildman–Crippen MR) is 200 cm³/mol. The first-order valence-electron chi connectivity index (χ1n) is 18.4. The lowest BCUT2D eigenvalue weighted by molar-refractivity contribution is 0.0645. The lowest BCUT2D eigenvalue weighted by atomic mass is 10.0. The van der Waals surface area contributed by atoms with Gasteiger partial charge in [-0.3, -0.25) is 8.98 Å². The van der Waals surface area contributed by atoms with Crippen molar-refractivity contribution in [3.63, 3.8) is 0 Å². The second kappa shape index (κ2) is 19.1. The molecule has 0 radical (unpaired) electrons. The number of ether oxygens (including phenoxy) is 1. The van der Waals surface area contributed by atoms with Crippen LogP contribution in [0.2, 0.25) is 0 Å². The van der Waals surface area contributed by atoms with Crippen LogP contribution in [0.1, 0.15) is 99.9 Å². The highest BCUT2D eigenvalue weighted by atomic mass is 35.5. The Balaban J connectivity index is 0.000000236. The lowest BCUT2D eigenvalue weighted by Gasteiger charge is -2.34. The summed E-state index contributed by atoms with van der Waals surface area (Å²) in [6, 6.07) is 12.9. The molecule has 1 aromatic heterocycles. The first-order valence-corrected chi connectivity index (χ1v) is 19.8. The number of halogens is 1. The van der Waals surface area contributed by atoms with Crippen LogP contribution < -0.4 is 4.74 Å². The number of rotatable bonds is 9. The number of likely N-dealkylation sites (N-methyl/N-ethyl adjacent to an activating group) is 1. The summed E-state index contributed by atoms with van der Waals surface area (Å²) in [5.74, 6) is 2.11. The van der Waals surface area contributed by atoms with Crippen LogP contribution in [0.15, 0.2) is 53.6 Å². The summed E-state index contributed by atoms with van der Waals surface area (Å²) in [5, 5.41) is 1.03. The summed E-state index contributed by atoms with van der Waals surface area (Å²) in [5.41, 5.74) is 2.95. The zero-order chi connectivity index (χ0) is 33.9. The summed E-state index contributed by atoms with van der Waals surface area (Å²) < 4.78 is 37.3. The molecular weight excluding hydrogens is 658 g/mol. The van der Waals surface area contributed by atoms with Gasteiger partial charge in [0, 0.05) is 44.3 Å². The van der Waals surface area contributed by atoms with Crippen molar-refractivity contribution in [3.05, 3.63) is 59.8 Å². The first-order chi connectivity index (χ1) is 23.3. The van der Waals surface area contributed by atoms with Crippen molar-refractivity contribution in [1.29, 1.82) is 0 Å². The van der Waals surface area contributed by atoms with Gasteiger partial charge in [-0.05, 0) is 69.2 Å². The Labute approximate surface area is 301 Å². The van der Waals surface area contributed by atoms with Crippen LogP contribution in [0.4, 0.5) is 0 Å². The zero-order valence-corrected chi connectivity index (χ0v) is 31.5. The van der Waals surface area contributed by atoms with E-state index in [1.165, 1.54) is 64.2 Å². The Kier molecular flexibility index (Phi) is 15.3. The van der Waals surface area contributed by atoms with E-state index in [1.807, 2.05) is 24.0 Å². The molecule has 2 aromatic carbocycles. The van der Waals surface area contributed by atoms with Gasteiger partial charge in [0.15, 0.2) is 0 Å². The molecule has 8 nitrogen and oxygen atoms in total. The minimum absolute atomic E-state index is 0. The highest BCUT2D eigenvalue weighted by Gasteiger charge is 2.26. The standard InChI is InChI=1S/C24H35N3O2.C15H22O3S.ClH/c1-3-25-13-15-26(16-14-25)24(28)21-18-27(17-19-9-6-4-5-7-10-19)23-20(21)11-8-12-22(23)29-2;1-13-8-10-15(11-9-13)19(16,17)18-12-14-6-4-2-3-5-7-14;/h8,11-12,18-19H,3-7,9-10,13-17H2,1-2H3;8-11,14H,2-7,12H2,1H3;1H. The number of carbonyl (C=O) groups is 1. The number of nitrogens with zero attached hydrogens (tertiary/aromatic N) is 3. The Bertz CT molecular complexity index is 1550. The number of piperazine rings is 1. The van der Waals surface area contributed by atoms with E-state index in [2.05, 4.69) is 28.7 Å². The maximum Gasteiger partial charge on any atom is 0.296 e. The van der Waals surface area contributed by atoms with Crippen LogP contribution in [0.25, 0.3) is 10.9 Å². The summed E-state index contributed by atoms with van der Waals surface area (Å²) in [6.45, 7) is 10.0. The summed E-state index contributed by atoms with van der Waals surface area (Å²) >= 11 is 0. The van der Waals surface area contributed by atoms with E-state index < -0.39 is 10.1 Å². The Morgan fingerprint density at radius 2 is 1.41 bits per heavy atom. The molecule has 1 aliphatic heterocycles.